The molecule has 1 aromatic heterocycles. The van der Waals surface area contributed by atoms with Crippen LogP contribution in [0.2, 0.25) is 0 Å². The van der Waals surface area contributed by atoms with Crippen LogP contribution in [0.3, 0.4) is 0 Å². The molecule has 0 saturated carbocycles. The standard InChI is InChI=1S/C60H40N2/c1-3-17-43-37-47(33-31-41(43)15-1)51-35-36-60(54-25-6-5-24-53(51)54)61(57-28-10-7-23-52(57)48-34-32-42-16-2-4-18-44(42)38-48)49-21-13-19-45(39-49)46-20-14-22-50(40-46)62-58-29-11-8-26-55(58)56-27-9-12-30-59(56)62/h1-40H. The zero-order chi connectivity index (χ0) is 41.0. The highest BCUT2D eigenvalue weighted by molar-refractivity contribution is 6.10. The van der Waals surface area contributed by atoms with Crippen molar-refractivity contribution in [3.8, 4) is 39.1 Å². The van der Waals surface area contributed by atoms with Crippen molar-refractivity contribution < 1.29 is 0 Å². The lowest BCUT2D eigenvalue weighted by Crippen LogP contribution is -2.12. The molecule has 0 atom stereocenters. The van der Waals surface area contributed by atoms with Crippen molar-refractivity contribution in [1.29, 1.82) is 0 Å². The predicted octanol–water partition coefficient (Wildman–Crippen LogP) is 16.7. The number of benzene rings is 11. The molecule has 2 nitrogen and oxygen atoms in total. The fourth-order valence-electron chi connectivity index (χ4n) is 9.61. The molecule has 0 radical (unpaired) electrons. The quantitative estimate of drug-likeness (QED) is 0.156. The number of para-hydroxylation sites is 3. The maximum atomic E-state index is 2.47. The minimum atomic E-state index is 1.08. The van der Waals surface area contributed by atoms with Gasteiger partial charge in [0.25, 0.3) is 0 Å². The Hall–Kier alpha value is -8.20. The third kappa shape index (κ3) is 6.04. The van der Waals surface area contributed by atoms with Crippen molar-refractivity contribution in [2.75, 3.05) is 4.90 Å². The first kappa shape index (κ1) is 35.7. The summed E-state index contributed by atoms with van der Waals surface area (Å²) in [5.41, 5.74) is 13.9. The molecule has 62 heavy (non-hydrogen) atoms. The van der Waals surface area contributed by atoms with Gasteiger partial charge in [0.1, 0.15) is 0 Å². The van der Waals surface area contributed by atoms with E-state index >= 15 is 0 Å². The Kier molecular flexibility index (Phi) is 8.53. The molecule has 0 aliphatic rings. The molecule has 2 heteroatoms. The van der Waals surface area contributed by atoms with E-state index in [0.29, 0.717) is 0 Å². The number of nitrogens with zero attached hydrogens (tertiary/aromatic N) is 2. The van der Waals surface area contributed by atoms with E-state index in [0.717, 1.165) is 33.9 Å². The third-order valence-corrected chi connectivity index (χ3v) is 12.5. The van der Waals surface area contributed by atoms with Crippen molar-refractivity contribution in [3.05, 3.63) is 243 Å². The number of rotatable bonds is 7. The van der Waals surface area contributed by atoms with Crippen molar-refractivity contribution >= 4 is 71.2 Å². The number of hydrogen-bond acceptors (Lipinski definition) is 1. The number of hydrogen-bond donors (Lipinski definition) is 0. The van der Waals surface area contributed by atoms with Gasteiger partial charge in [-0.05, 0) is 115 Å². The number of fused-ring (bicyclic) bond motifs is 6. The Balaban J connectivity index is 1.05. The SMILES string of the molecule is c1cc(-c2cccc(-n3c4ccccc4c4ccccc43)c2)cc(N(c2ccccc2-c2ccc3ccccc3c2)c2ccc(-c3ccc4ccccc4c3)c3ccccc23)c1. The van der Waals surface area contributed by atoms with Crippen LogP contribution in [-0.4, -0.2) is 4.57 Å². The summed E-state index contributed by atoms with van der Waals surface area (Å²) >= 11 is 0. The molecule has 0 saturated heterocycles. The van der Waals surface area contributed by atoms with Gasteiger partial charge < -0.3 is 9.47 Å². The summed E-state index contributed by atoms with van der Waals surface area (Å²) in [6.07, 6.45) is 0. The molecule has 12 rings (SSSR count). The maximum absolute atomic E-state index is 2.47. The summed E-state index contributed by atoms with van der Waals surface area (Å²) in [6, 6.07) is 88.7. The van der Waals surface area contributed by atoms with E-state index in [9.17, 15) is 0 Å². The second-order valence-electron chi connectivity index (χ2n) is 16.1. The Morgan fingerprint density at radius 1 is 0.274 bits per heavy atom. The fourth-order valence-corrected chi connectivity index (χ4v) is 9.61. The van der Waals surface area contributed by atoms with E-state index in [2.05, 4.69) is 252 Å². The highest BCUT2D eigenvalue weighted by Gasteiger charge is 2.21. The van der Waals surface area contributed by atoms with E-state index in [1.165, 1.54) is 76.4 Å². The van der Waals surface area contributed by atoms with Crippen LogP contribution in [0.25, 0.3) is 93.2 Å². The summed E-state index contributed by atoms with van der Waals surface area (Å²) in [6.45, 7) is 0. The highest BCUT2D eigenvalue weighted by atomic mass is 15.1. The molecule has 0 aliphatic carbocycles. The van der Waals surface area contributed by atoms with Crippen LogP contribution in [0.5, 0.6) is 0 Å². The molecule has 0 amide bonds. The molecule has 0 unspecified atom stereocenters. The fraction of sp³-hybridized carbons (Fsp3) is 0. The predicted molar refractivity (Wildman–Crippen MR) is 264 cm³/mol. The van der Waals surface area contributed by atoms with Crippen molar-refractivity contribution in [1.82, 2.24) is 4.57 Å². The minimum Gasteiger partial charge on any atom is -0.309 e. The topological polar surface area (TPSA) is 8.17 Å². The zero-order valence-corrected chi connectivity index (χ0v) is 34.0. The van der Waals surface area contributed by atoms with Crippen LogP contribution in [0.4, 0.5) is 17.1 Å². The van der Waals surface area contributed by atoms with Gasteiger partial charge in [-0.15, -0.1) is 0 Å². The van der Waals surface area contributed by atoms with Crippen LogP contribution in [-0.2, 0) is 0 Å². The molecule has 0 N–H and O–H groups in total. The largest absolute Gasteiger partial charge is 0.309 e. The molecule has 0 fully saturated rings. The molecule has 1 heterocycles. The Morgan fingerprint density at radius 3 is 1.50 bits per heavy atom. The van der Waals surface area contributed by atoms with Crippen LogP contribution in [0.1, 0.15) is 0 Å². The number of anilines is 3. The third-order valence-electron chi connectivity index (χ3n) is 12.5. The molecular weight excluding hydrogens is 749 g/mol. The van der Waals surface area contributed by atoms with Crippen molar-refractivity contribution in [2.45, 2.75) is 0 Å². The highest BCUT2D eigenvalue weighted by Crippen LogP contribution is 2.46. The summed E-state index contributed by atoms with van der Waals surface area (Å²) in [4.78, 5) is 2.47. The van der Waals surface area contributed by atoms with Gasteiger partial charge in [0, 0.05) is 33.1 Å². The molecule has 0 spiro atoms. The average Bonchev–Trinajstić information content (AvgIpc) is 3.68. The molecule has 11 aromatic carbocycles. The first-order valence-corrected chi connectivity index (χ1v) is 21.3. The molecule has 12 aromatic rings. The molecule has 0 bridgehead atoms. The van der Waals surface area contributed by atoms with E-state index in [4.69, 9.17) is 0 Å². The van der Waals surface area contributed by atoms with Crippen LogP contribution in [0.15, 0.2) is 243 Å². The first-order chi connectivity index (χ1) is 30.7. The maximum Gasteiger partial charge on any atom is 0.0541 e. The van der Waals surface area contributed by atoms with Gasteiger partial charge in [-0.1, -0.05) is 182 Å². The van der Waals surface area contributed by atoms with E-state index in [-0.39, 0.29) is 0 Å². The molecule has 0 aliphatic heterocycles. The second-order valence-corrected chi connectivity index (χ2v) is 16.1. The van der Waals surface area contributed by atoms with Gasteiger partial charge in [0.05, 0.1) is 22.4 Å². The van der Waals surface area contributed by atoms with Gasteiger partial charge in [-0.25, -0.2) is 0 Å². The molecular formula is C60H40N2. The smallest absolute Gasteiger partial charge is 0.0541 e. The Bertz CT molecular complexity index is 3610. The van der Waals surface area contributed by atoms with Gasteiger partial charge in [-0.3, -0.25) is 0 Å². The monoisotopic (exact) mass is 788 g/mol. The lowest BCUT2D eigenvalue weighted by Gasteiger charge is -2.30. The van der Waals surface area contributed by atoms with E-state index < -0.39 is 0 Å². The van der Waals surface area contributed by atoms with Crippen LogP contribution >= 0.6 is 0 Å². The summed E-state index contributed by atoms with van der Waals surface area (Å²) < 4.78 is 2.40. The molecule has 290 valence electrons. The zero-order valence-electron chi connectivity index (χ0n) is 34.0. The minimum absolute atomic E-state index is 1.08. The van der Waals surface area contributed by atoms with Gasteiger partial charge >= 0.3 is 0 Å². The Labute approximate surface area is 360 Å². The second kappa shape index (κ2) is 14.8. The van der Waals surface area contributed by atoms with Crippen LogP contribution < -0.4 is 4.90 Å². The average molecular weight is 789 g/mol. The normalized spacial score (nSPS) is 11.5. The van der Waals surface area contributed by atoms with E-state index in [1.54, 1.807) is 0 Å². The summed E-state index contributed by atoms with van der Waals surface area (Å²) in [5.74, 6) is 0. The van der Waals surface area contributed by atoms with Crippen molar-refractivity contribution in [3.63, 3.8) is 0 Å². The lowest BCUT2D eigenvalue weighted by atomic mass is 9.94. The van der Waals surface area contributed by atoms with Crippen molar-refractivity contribution in [2.24, 2.45) is 0 Å². The Morgan fingerprint density at radius 2 is 0.806 bits per heavy atom. The van der Waals surface area contributed by atoms with Gasteiger partial charge in [0.2, 0.25) is 0 Å². The van der Waals surface area contributed by atoms with Gasteiger partial charge in [0.15, 0.2) is 0 Å². The first-order valence-electron chi connectivity index (χ1n) is 21.3. The lowest BCUT2D eigenvalue weighted by molar-refractivity contribution is 1.18. The summed E-state index contributed by atoms with van der Waals surface area (Å²) in [5, 5.41) is 9.86. The number of aromatic nitrogens is 1. The summed E-state index contributed by atoms with van der Waals surface area (Å²) in [7, 11) is 0. The van der Waals surface area contributed by atoms with Gasteiger partial charge in [-0.2, -0.15) is 0 Å². The van der Waals surface area contributed by atoms with E-state index in [1.807, 2.05) is 0 Å². The van der Waals surface area contributed by atoms with Crippen LogP contribution in [0, 0.1) is 0 Å².